The van der Waals surface area contributed by atoms with Crippen molar-refractivity contribution >= 4 is 28.3 Å². The molecule has 0 unspecified atom stereocenters. The van der Waals surface area contributed by atoms with Crippen LogP contribution in [0.3, 0.4) is 0 Å². The molecule has 0 aliphatic rings. The number of nitrogens with zero attached hydrogens (tertiary/aromatic N) is 1. The molecule has 0 saturated heterocycles. The lowest BCUT2D eigenvalue weighted by molar-refractivity contribution is -0.461. The van der Waals surface area contributed by atoms with Crippen molar-refractivity contribution in [2.45, 2.75) is 121 Å². The summed E-state index contributed by atoms with van der Waals surface area (Å²) >= 11 is 9.12. The zero-order valence-electron chi connectivity index (χ0n) is 26.8. The van der Waals surface area contributed by atoms with Crippen molar-refractivity contribution in [1.29, 1.82) is 0 Å². The number of hydrogen-bond acceptors (Lipinski definition) is 1. The Labute approximate surface area is 317 Å². The van der Waals surface area contributed by atoms with Gasteiger partial charge in [-0.2, -0.15) is 149 Å². The number of thiocarbonyl (C=S) groups is 1. The molecular weight excluding hydrogens is 1000 g/mol. The Hall–Kier alpha value is -2.20. The molecule has 60 heavy (non-hydrogen) atoms. The molecule has 1 nitrogen and oxygen atoms in total. The van der Waals surface area contributed by atoms with E-state index in [1.54, 1.807) is 0 Å². The summed E-state index contributed by atoms with van der Waals surface area (Å²) in [4.78, 5) is -0.347. The van der Waals surface area contributed by atoms with Crippen molar-refractivity contribution in [3.05, 3.63) is 0 Å². The fraction of sp³-hybridized carbons (Fsp3) is 0.957. The first kappa shape index (κ1) is 57.8. The minimum atomic E-state index is -9.00. The first-order chi connectivity index (χ1) is 25.5. The van der Waals surface area contributed by atoms with Gasteiger partial charge in [0.1, 0.15) is 0 Å². The predicted octanol–water partition coefficient (Wildman–Crippen LogP) is 13.4. The average molecular weight is 1020 g/mol. The molecule has 0 saturated carbocycles. The Morgan fingerprint density at radius 2 is 0.467 bits per heavy atom. The molecule has 0 N–H and O–H groups in total. The van der Waals surface area contributed by atoms with E-state index in [1.165, 1.54) is 0 Å². The van der Waals surface area contributed by atoms with Gasteiger partial charge < -0.3 is 4.90 Å². The highest BCUT2D eigenvalue weighted by atomic mass is 35.5. The van der Waals surface area contributed by atoms with Gasteiger partial charge in [0.2, 0.25) is 0 Å². The van der Waals surface area contributed by atoms with Crippen molar-refractivity contribution in [3.8, 4) is 0 Å². The van der Waals surface area contributed by atoms with Gasteiger partial charge in [0.15, 0.2) is 4.45 Å². The maximum atomic E-state index is 14.1. The second-order valence-corrected chi connectivity index (χ2v) is 12.7. The van der Waals surface area contributed by atoms with Crippen LogP contribution in [0.2, 0.25) is 0 Å². The van der Waals surface area contributed by atoms with Gasteiger partial charge in [-0.3, -0.25) is 0 Å². The molecule has 0 spiro atoms. The first-order valence-corrected chi connectivity index (χ1v) is 14.7. The molecular formula is C23H12ClF34NS. The van der Waals surface area contributed by atoms with Crippen molar-refractivity contribution in [2.24, 2.45) is 0 Å². The largest absolute Gasteiger partial charge is 0.460 e. The maximum Gasteiger partial charge on any atom is 0.460 e. The minimum absolute atomic E-state index is 0.347. The number of hydrogen-bond donors (Lipinski definition) is 0. The van der Waals surface area contributed by atoms with E-state index in [4.69, 9.17) is 11.6 Å². The summed E-state index contributed by atoms with van der Waals surface area (Å²) < 4.78 is 453. The Balaban J connectivity index is 6.37. The highest BCUT2D eigenvalue weighted by Gasteiger charge is 2.96. The first-order valence-electron chi connectivity index (χ1n) is 13.9. The molecule has 0 aromatic carbocycles. The van der Waals surface area contributed by atoms with Gasteiger partial charge in [-0.25, -0.2) is 0 Å². The summed E-state index contributed by atoms with van der Waals surface area (Å²) in [6.07, 6.45) is -27.0. The van der Waals surface area contributed by atoms with Crippen LogP contribution in [-0.4, -0.2) is 118 Å². The fourth-order valence-electron chi connectivity index (χ4n) is 3.98. The Bertz CT molecular complexity index is 1400. The van der Waals surface area contributed by atoms with Gasteiger partial charge in [0.05, 0.1) is 0 Å². The summed E-state index contributed by atoms with van der Waals surface area (Å²) in [7, 11) is 0. The SMILES string of the molecule is FC(F)(F)C(F)(F)C(F)(F)C(F)(F)C(F)(F)C(F)(F)C(F)(F)C(F)(F)CCCN(CCCC(F)(F)C(F)(F)C(F)(F)C(F)(F)C(F)(F)C(F)(F)C(F)(F)C(F)(F)F)C(=S)Cl. The quantitative estimate of drug-likeness (QED) is 0.0517. The van der Waals surface area contributed by atoms with Crippen LogP contribution in [0.25, 0.3) is 0 Å². The lowest BCUT2D eigenvalue weighted by atomic mass is 9.88. The topological polar surface area (TPSA) is 3.24 Å². The summed E-state index contributed by atoms with van der Waals surface area (Å²) in [6.45, 7) is -3.76. The third-order valence-corrected chi connectivity index (χ3v) is 8.16. The lowest BCUT2D eigenvalue weighted by Crippen LogP contribution is -2.74. The summed E-state index contributed by atoms with van der Waals surface area (Å²) in [5.41, 5.74) is 0. The van der Waals surface area contributed by atoms with Crippen LogP contribution in [0.1, 0.15) is 25.7 Å². The molecule has 0 aliphatic carbocycles. The van der Waals surface area contributed by atoms with Gasteiger partial charge in [-0.05, 0) is 25.1 Å². The van der Waals surface area contributed by atoms with Gasteiger partial charge in [-0.1, -0.05) is 11.6 Å². The maximum absolute atomic E-state index is 14.1. The van der Waals surface area contributed by atoms with E-state index in [9.17, 15) is 149 Å². The molecule has 360 valence electrons. The van der Waals surface area contributed by atoms with Crippen LogP contribution in [0.15, 0.2) is 0 Å². The van der Waals surface area contributed by atoms with Crippen molar-refractivity contribution in [3.63, 3.8) is 0 Å². The Morgan fingerprint density at radius 3 is 0.633 bits per heavy atom. The third-order valence-electron chi connectivity index (χ3n) is 7.66. The molecule has 37 heteroatoms. The molecule has 0 bridgehead atoms. The van der Waals surface area contributed by atoms with Crippen molar-refractivity contribution < 1.29 is 149 Å². The monoisotopic (exact) mass is 1010 g/mol. The zero-order chi connectivity index (χ0) is 49.4. The van der Waals surface area contributed by atoms with Crippen molar-refractivity contribution in [1.82, 2.24) is 4.90 Å². The van der Waals surface area contributed by atoms with E-state index in [-0.39, 0.29) is 4.90 Å². The summed E-state index contributed by atoms with van der Waals surface area (Å²) in [5.74, 6) is -119. The van der Waals surface area contributed by atoms with Gasteiger partial charge in [0, 0.05) is 25.9 Å². The Kier molecular flexibility index (Phi) is 15.2. The molecule has 0 rings (SSSR count). The summed E-state index contributed by atoms with van der Waals surface area (Å²) in [6, 6.07) is 0. The third kappa shape index (κ3) is 8.33. The van der Waals surface area contributed by atoms with Crippen LogP contribution in [-0.2, 0) is 0 Å². The normalized spacial score (nSPS) is 16.4. The van der Waals surface area contributed by atoms with E-state index in [0.29, 0.717) is 0 Å². The van der Waals surface area contributed by atoms with Gasteiger partial charge >= 0.3 is 95.3 Å². The van der Waals surface area contributed by atoms with E-state index in [2.05, 4.69) is 12.2 Å². The van der Waals surface area contributed by atoms with Crippen LogP contribution >= 0.6 is 23.8 Å². The molecule has 0 amide bonds. The lowest BCUT2D eigenvalue weighted by Gasteiger charge is -2.43. The molecule has 0 radical (unpaired) electrons. The highest BCUT2D eigenvalue weighted by Crippen LogP contribution is 2.66. The molecule has 0 heterocycles. The second kappa shape index (κ2) is 15.8. The zero-order valence-corrected chi connectivity index (χ0v) is 28.4. The van der Waals surface area contributed by atoms with E-state index < -0.39 is 138 Å². The van der Waals surface area contributed by atoms with E-state index >= 15 is 0 Å². The van der Waals surface area contributed by atoms with Crippen LogP contribution in [0.4, 0.5) is 149 Å². The molecule has 0 aromatic rings. The molecule has 0 aromatic heterocycles. The smallest absolute Gasteiger partial charge is 0.353 e. The van der Waals surface area contributed by atoms with Crippen molar-refractivity contribution in [2.75, 3.05) is 13.1 Å². The molecule has 0 aliphatic heterocycles. The standard InChI is InChI=1S/C23H12ClF34NS/c24-7(60)59(5-1-3-8(25,26)10(29,30)12(33,34)14(37,38)16(41,42)18(45,46)20(49,50)22(53,54)55)6-2-4-9(27,28)11(31,32)13(35,36)15(39,40)17(43,44)19(47,48)21(51,52)23(56,57)58/h1-6H2. The predicted molar refractivity (Wildman–Crippen MR) is 130 cm³/mol. The minimum Gasteiger partial charge on any atom is -0.353 e. The van der Waals surface area contributed by atoms with E-state index in [1.807, 2.05) is 0 Å². The van der Waals surface area contributed by atoms with Crippen LogP contribution < -0.4 is 0 Å². The summed E-state index contributed by atoms with van der Waals surface area (Å²) in [5, 5.41) is 0. The average Bonchev–Trinajstić information content (AvgIpc) is 3.01. The van der Waals surface area contributed by atoms with Crippen LogP contribution in [0.5, 0.6) is 0 Å². The molecule has 0 fully saturated rings. The number of halogens is 35. The molecule has 0 atom stereocenters. The Morgan fingerprint density at radius 1 is 0.300 bits per heavy atom. The highest BCUT2D eigenvalue weighted by molar-refractivity contribution is 7.83. The fourth-order valence-corrected chi connectivity index (χ4v) is 4.33. The van der Waals surface area contributed by atoms with Gasteiger partial charge in [0.25, 0.3) is 0 Å². The van der Waals surface area contributed by atoms with E-state index in [0.717, 1.165) is 0 Å². The van der Waals surface area contributed by atoms with Crippen LogP contribution in [0, 0.1) is 0 Å². The number of alkyl halides is 34. The number of rotatable bonds is 20. The van der Waals surface area contributed by atoms with Gasteiger partial charge in [-0.15, -0.1) is 0 Å². The second-order valence-electron chi connectivity index (χ2n) is 11.7.